The first kappa shape index (κ1) is 14.8. The highest BCUT2D eigenvalue weighted by atomic mass is 35.5. The van der Waals surface area contributed by atoms with Crippen molar-refractivity contribution in [3.05, 3.63) is 0 Å². The van der Waals surface area contributed by atoms with Crippen molar-refractivity contribution in [2.75, 3.05) is 19.6 Å². The maximum Gasteiger partial charge on any atom is 0.222 e. The lowest BCUT2D eigenvalue weighted by Gasteiger charge is -2.17. The standard InChI is InChI=1S/C13H24N2O.ClH/c1-10-8-15(9-11(10)2)13(16)6-5-12-4-3-7-14-12;/h10-12,14H,3-9H2,1-2H3;1H. The fourth-order valence-electron chi connectivity index (χ4n) is 2.79. The van der Waals surface area contributed by atoms with Gasteiger partial charge in [0.25, 0.3) is 0 Å². The molecule has 2 aliphatic rings. The van der Waals surface area contributed by atoms with E-state index in [0.29, 0.717) is 23.8 Å². The third kappa shape index (κ3) is 3.85. The van der Waals surface area contributed by atoms with Crippen LogP contribution in [0.3, 0.4) is 0 Å². The maximum atomic E-state index is 12.0. The third-order valence-electron chi connectivity index (χ3n) is 4.21. The van der Waals surface area contributed by atoms with Gasteiger partial charge in [0.05, 0.1) is 0 Å². The predicted octanol–water partition coefficient (Wildman–Crippen LogP) is 2.05. The number of carbonyl (C=O) groups excluding carboxylic acids is 1. The van der Waals surface area contributed by atoms with Crippen LogP contribution in [0.15, 0.2) is 0 Å². The summed E-state index contributed by atoms with van der Waals surface area (Å²) in [6, 6.07) is 0.599. The van der Waals surface area contributed by atoms with E-state index in [9.17, 15) is 4.79 Å². The molecule has 0 spiro atoms. The molecule has 4 heteroatoms. The Bertz CT molecular complexity index is 244. The average Bonchev–Trinajstić information content (AvgIpc) is 2.86. The summed E-state index contributed by atoms with van der Waals surface area (Å²) in [7, 11) is 0. The summed E-state index contributed by atoms with van der Waals surface area (Å²) in [6.07, 6.45) is 4.28. The quantitative estimate of drug-likeness (QED) is 0.843. The summed E-state index contributed by atoms with van der Waals surface area (Å²) < 4.78 is 0. The van der Waals surface area contributed by atoms with Gasteiger partial charge in [0, 0.05) is 25.6 Å². The van der Waals surface area contributed by atoms with E-state index in [-0.39, 0.29) is 12.4 Å². The van der Waals surface area contributed by atoms with E-state index in [1.165, 1.54) is 12.8 Å². The highest BCUT2D eigenvalue weighted by Crippen LogP contribution is 2.23. The van der Waals surface area contributed by atoms with Crippen molar-refractivity contribution in [2.24, 2.45) is 11.8 Å². The van der Waals surface area contributed by atoms with Crippen LogP contribution >= 0.6 is 12.4 Å². The Hall–Kier alpha value is -0.280. The van der Waals surface area contributed by atoms with Crippen LogP contribution < -0.4 is 5.32 Å². The number of halogens is 1. The Kier molecular flexibility index (Phi) is 5.74. The number of hydrogen-bond donors (Lipinski definition) is 1. The van der Waals surface area contributed by atoms with E-state index in [2.05, 4.69) is 24.1 Å². The molecule has 1 amide bonds. The molecule has 2 aliphatic heterocycles. The second-order valence-corrected chi connectivity index (χ2v) is 5.59. The van der Waals surface area contributed by atoms with Gasteiger partial charge < -0.3 is 10.2 Å². The molecule has 0 radical (unpaired) electrons. The lowest BCUT2D eigenvalue weighted by molar-refractivity contribution is -0.130. The molecule has 0 bridgehead atoms. The zero-order valence-corrected chi connectivity index (χ0v) is 11.8. The fourth-order valence-corrected chi connectivity index (χ4v) is 2.79. The predicted molar refractivity (Wildman–Crippen MR) is 72.4 cm³/mol. The minimum atomic E-state index is 0. The van der Waals surface area contributed by atoms with Gasteiger partial charge in [-0.2, -0.15) is 0 Å². The summed E-state index contributed by atoms with van der Waals surface area (Å²) in [4.78, 5) is 14.1. The highest BCUT2D eigenvalue weighted by Gasteiger charge is 2.29. The van der Waals surface area contributed by atoms with E-state index in [1.54, 1.807) is 0 Å². The molecule has 2 heterocycles. The van der Waals surface area contributed by atoms with Crippen molar-refractivity contribution in [1.82, 2.24) is 10.2 Å². The summed E-state index contributed by atoms with van der Waals surface area (Å²) in [6.45, 7) is 7.57. The molecule has 0 aromatic rings. The smallest absolute Gasteiger partial charge is 0.222 e. The molecule has 3 unspecified atom stereocenters. The monoisotopic (exact) mass is 260 g/mol. The molecule has 0 aromatic heterocycles. The van der Waals surface area contributed by atoms with E-state index >= 15 is 0 Å². The molecular weight excluding hydrogens is 236 g/mol. The number of rotatable bonds is 3. The van der Waals surface area contributed by atoms with Gasteiger partial charge in [-0.25, -0.2) is 0 Å². The molecule has 0 saturated carbocycles. The van der Waals surface area contributed by atoms with Crippen molar-refractivity contribution in [2.45, 2.75) is 45.6 Å². The van der Waals surface area contributed by atoms with Gasteiger partial charge in [-0.3, -0.25) is 4.79 Å². The van der Waals surface area contributed by atoms with Crippen LogP contribution in [-0.4, -0.2) is 36.5 Å². The zero-order valence-electron chi connectivity index (χ0n) is 10.9. The lowest BCUT2D eigenvalue weighted by atomic mass is 10.0. The maximum absolute atomic E-state index is 12.0. The molecule has 1 N–H and O–H groups in total. The van der Waals surface area contributed by atoms with Crippen LogP contribution in [0.25, 0.3) is 0 Å². The first-order chi connectivity index (χ1) is 7.66. The summed E-state index contributed by atoms with van der Waals surface area (Å²) in [5.74, 6) is 1.71. The van der Waals surface area contributed by atoms with Gasteiger partial charge in [0.15, 0.2) is 0 Å². The Morgan fingerprint density at radius 2 is 1.94 bits per heavy atom. The molecule has 2 saturated heterocycles. The van der Waals surface area contributed by atoms with Gasteiger partial charge in [-0.05, 0) is 37.6 Å². The van der Waals surface area contributed by atoms with Crippen molar-refractivity contribution in [3.63, 3.8) is 0 Å². The van der Waals surface area contributed by atoms with Crippen molar-refractivity contribution in [1.29, 1.82) is 0 Å². The van der Waals surface area contributed by atoms with Gasteiger partial charge in [-0.1, -0.05) is 13.8 Å². The average molecular weight is 261 g/mol. The molecule has 0 aromatic carbocycles. The van der Waals surface area contributed by atoms with Crippen LogP contribution in [0.4, 0.5) is 0 Å². The normalized spacial score (nSPS) is 32.6. The molecule has 0 aliphatic carbocycles. The van der Waals surface area contributed by atoms with E-state index in [4.69, 9.17) is 0 Å². The Labute approximate surface area is 111 Å². The number of carbonyl (C=O) groups is 1. The first-order valence-corrected chi connectivity index (χ1v) is 6.68. The summed E-state index contributed by atoms with van der Waals surface area (Å²) >= 11 is 0. The highest BCUT2D eigenvalue weighted by molar-refractivity contribution is 5.85. The molecule has 2 rings (SSSR count). The van der Waals surface area contributed by atoms with Crippen LogP contribution in [0.5, 0.6) is 0 Å². The second kappa shape index (κ2) is 6.60. The number of hydrogen-bond acceptors (Lipinski definition) is 2. The van der Waals surface area contributed by atoms with Crippen molar-refractivity contribution < 1.29 is 4.79 Å². The van der Waals surface area contributed by atoms with Gasteiger partial charge >= 0.3 is 0 Å². The van der Waals surface area contributed by atoms with Crippen molar-refractivity contribution >= 4 is 18.3 Å². The lowest BCUT2D eigenvalue weighted by Crippen LogP contribution is -2.30. The SMILES string of the molecule is CC1CN(C(=O)CCC2CCCN2)CC1C.Cl. The number of nitrogens with one attached hydrogen (secondary N) is 1. The minimum Gasteiger partial charge on any atom is -0.342 e. The van der Waals surface area contributed by atoms with Crippen LogP contribution in [0.2, 0.25) is 0 Å². The molecule has 17 heavy (non-hydrogen) atoms. The molecule has 100 valence electrons. The van der Waals surface area contributed by atoms with Gasteiger partial charge in [-0.15, -0.1) is 12.4 Å². The zero-order chi connectivity index (χ0) is 11.5. The van der Waals surface area contributed by atoms with E-state index in [0.717, 1.165) is 32.5 Å². The Morgan fingerprint density at radius 1 is 1.29 bits per heavy atom. The van der Waals surface area contributed by atoms with Gasteiger partial charge in [0.2, 0.25) is 5.91 Å². The molecule has 2 fully saturated rings. The minimum absolute atomic E-state index is 0. The largest absolute Gasteiger partial charge is 0.342 e. The number of nitrogens with zero attached hydrogens (tertiary/aromatic N) is 1. The first-order valence-electron chi connectivity index (χ1n) is 6.68. The number of likely N-dealkylation sites (tertiary alicyclic amines) is 1. The Morgan fingerprint density at radius 3 is 2.47 bits per heavy atom. The van der Waals surface area contributed by atoms with Crippen LogP contribution in [0, 0.1) is 11.8 Å². The van der Waals surface area contributed by atoms with Gasteiger partial charge in [0.1, 0.15) is 0 Å². The van der Waals surface area contributed by atoms with Crippen LogP contribution in [0.1, 0.15) is 39.5 Å². The number of amides is 1. The van der Waals surface area contributed by atoms with E-state index < -0.39 is 0 Å². The van der Waals surface area contributed by atoms with Crippen molar-refractivity contribution in [3.8, 4) is 0 Å². The Balaban J connectivity index is 0.00000144. The summed E-state index contributed by atoms with van der Waals surface area (Å²) in [5.41, 5.74) is 0. The van der Waals surface area contributed by atoms with Crippen LogP contribution in [-0.2, 0) is 4.79 Å². The second-order valence-electron chi connectivity index (χ2n) is 5.59. The molecule has 3 atom stereocenters. The molecule has 3 nitrogen and oxygen atoms in total. The van der Waals surface area contributed by atoms with E-state index in [1.807, 2.05) is 0 Å². The third-order valence-corrected chi connectivity index (χ3v) is 4.21. The topological polar surface area (TPSA) is 32.3 Å². The molecular formula is C13H25ClN2O. The fraction of sp³-hybridized carbons (Fsp3) is 0.923. The summed E-state index contributed by atoms with van der Waals surface area (Å²) in [5, 5.41) is 3.45.